The molecular formula is C26H40O7. The summed E-state index contributed by atoms with van der Waals surface area (Å²) in [5.74, 6) is -2.58. The van der Waals surface area contributed by atoms with Crippen molar-refractivity contribution >= 4 is 11.9 Å². The molecule has 1 aromatic rings. The highest BCUT2D eigenvalue weighted by Crippen LogP contribution is 2.44. The molecule has 5 atom stereocenters. The van der Waals surface area contributed by atoms with Crippen molar-refractivity contribution in [1.82, 2.24) is 0 Å². The molecule has 33 heavy (non-hydrogen) atoms. The van der Waals surface area contributed by atoms with Gasteiger partial charge in [-0.15, -0.1) is 0 Å². The molecule has 1 aliphatic rings. The Hall–Kier alpha value is -1.96. The first-order valence-corrected chi connectivity index (χ1v) is 11.6. The quantitative estimate of drug-likeness (QED) is 0.527. The number of hydrogen-bond acceptors (Lipinski definition) is 7. The van der Waals surface area contributed by atoms with E-state index >= 15 is 0 Å². The van der Waals surface area contributed by atoms with Gasteiger partial charge in [0.2, 0.25) is 0 Å². The van der Waals surface area contributed by atoms with Crippen molar-refractivity contribution in [2.75, 3.05) is 7.11 Å². The minimum Gasteiger partial charge on any atom is -0.467 e. The van der Waals surface area contributed by atoms with Crippen molar-refractivity contribution in [1.29, 1.82) is 0 Å². The first kappa shape index (κ1) is 27.3. The Balaban J connectivity index is 2.49. The summed E-state index contributed by atoms with van der Waals surface area (Å²) < 4.78 is 29.8. The third kappa shape index (κ3) is 7.26. The lowest BCUT2D eigenvalue weighted by Crippen LogP contribution is -2.58. The smallest absolute Gasteiger partial charge is 0.340 e. The largest absolute Gasteiger partial charge is 0.467 e. The summed E-state index contributed by atoms with van der Waals surface area (Å²) in [6.45, 7) is 15.2. The van der Waals surface area contributed by atoms with Crippen molar-refractivity contribution in [2.45, 2.75) is 104 Å². The summed E-state index contributed by atoms with van der Waals surface area (Å²) in [5.41, 5.74) is -0.498. The van der Waals surface area contributed by atoms with Crippen LogP contribution in [0.3, 0.4) is 0 Å². The van der Waals surface area contributed by atoms with Gasteiger partial charge in [-0.05, 0) is 53.5 Å². The highest BCUT2D eigenvalue weighted by atomic mass is 16.7. The van der Waals surface area contributed by atoms with E-state index in [1.54, 1.807) is 0 Å². The summed E-state index contributed by atoms with van der Waals surface area (Å²) in [7, 11) is 1.32. The summed E-state index contributed by atoms with van der Waals surface area (Å²) in [6, 6.07) is 9.16. The normalized spacial score (nSPS) is 27.0. The van der Waals surface area contributed by atoms with Crippen LogP contribution in [0.5, 0.6) is 0 Å². The first-order valence-electron chi connectivity index (χ1n) is 11.6. The van der Waals surface area contributed by atoms with Gasteiger partial charge in [0.25, 0.3) is 0 Å². The second kappa shape index (κ2) is 10.5. The Morgan fingerprint density at radius 2 is 1.70 bits per heavy atom. The molecule has 7 heteroatoms. The molecule has 1 saturated heterocycles. The molecular weight excluding hydrogens is 424 g/mol. The Labute approximate surface area is 198 Å². The van der Waals surface area contributed by atoms with Gasteiger partial charge in [-0.25, -0.2) is 9.59 Å². The van der Waals surface area contributed by atoms with Crippen LogP contribution in [0, 0.1) is 5.92 Å². The van der Waals surface area contributed by atoms with Gasteiger partial charge in [-0.2, -0.15) is 0 Å². The summed E-state index contributed by atoms with van der Waals surface area (Å²) in [5, 5.41) is 0. The predicted octanol–water partition coefficient (Wildman–Crippen LogP) is 4.97. The van der Waals surface area contributed by atoms with Crippen LogP contribution in [-0.4, -0.2) is 48.2 Å². The maximum absolute atomic E-state index is 13.3. The molecule has 2 rings (SSSR count). The molecule has 1 fully saturated rings. The minimum absolute atomic E-state index is 0.281. The zero-order valence-electron chi connectivity index (χ0n) is 21.5. The van der Waals surface area contributed by atoms with Gasteiger partial charge < -0.3 is 23.7 Å². The lowest BCUT2D eigenvalue weighted by Gasteiger charge is -2.49. The molecule has 1 aliphatic heterocycles. The maximum Gasteiger partial charge on any atom is 0.340 e. The summed E-state index contributed by atoms with van der Waals surface area (Å²) in [4.78, 5) is 25.8. The van der Waals surface area contributed by atoms with E-state index in [-0.39, 0.29) is 12.0 Å². The Morgan fingerprint density at radius 1 is 1.09 bits per heavy atom. The van der Waals surface area contributed by atoms with E-state index < -0.39 is 41.1 Å². The number of benzene rings is 1. The van der Waals surface area contributed by atoms with Crippen LogP contribution in [0.15, 0.2) is 30.3 Å². The van der Waals surface area contributed by atoms with E-state index in [2.05, 4.69) is 0 Å². The average molecular weight is 465 g/mol. The van der Waals surface area contributed by atoms with Crippen LogP contribution in [0.4, 0.5) is 0 Å². The van der Waals surface area contributed by atoms with Crippen molar-refractivity contribution in [3.63, 3.8) is 0 Å². The van der Waals surface area contributed by atoms with E-state index in [4.69, 9.17) is 23.7 Å². The lowest BCUT2D eigenvalue weighted by molar-refractivity contribution is -0.343. The van der Waals surface area contributed by atoms with E-state index in [9.17, 15) is 9.59 Å². The fourth-order valence-electron chi connectivity index (χ4n) is 4.03. The predicted molar refractivity (Wildman–Crippen MR) is 124 cm³/mol. The molecule has 1 heterocycles. The molecule has 0 radical (unpaired) electrons. The van der Waals surface area contributed by atoms with Gasteiger partial charge in [-0.1, -0.05) is 44.2 Å². The molecule has 0 bridgehead atoms. The van der Waals surface area contributed by atoms with Gasteiger partial charge in [-0.3, -0.25) is 0 Å². The number of carbonyl (C=O) groups excluding carboxylic acids is 2. The van der Waals surface area contributed by atoms with Crippen LogP contribution < -0.4 is 0 Å². The highest BCUT2D eigenvalue weighted by molar-refractivity contribution is 5.77. The topological polar surface area (TPSA) is 80.3 Å². The van der Waals surface area contributed by atoms with Gasteiger partial charge in [0.15, 0.2) is 18.0 Å². The van der Waals surface area contributed by atoms with Crippen molar-refractivity contribution in [3.8, 4) is 0 Å². The average Bonchev–Trinajstić information content (AvgIpc) is 2.72. The number of esters is 2. The Kier molecular flexibility index (Phi) is 8.71. The minimum atomic E-state index is -1.27. The zero-order chi connectivity index (χ0) is 25.0. The second-order valence-electron chi connectivity index (χ2n) is 10.5. The standard InChI is InChI=1S/C26H40O7/c1-10-26(17(2)19(30-24(3,4)5)16-20(31-26)22(27)29-9)32-21(18-14-12-11-13-15-18)23(28)33-25(6,7)8/h11-15,17,19-21H,10,16H2,1-9H3/t17-,19-,20-,21-,26-/m1/s1. The molecule has 0 saturated carbocycles. The molecule has 0 unspecified atom stereocenters. The van der Waals surface area contributed by atoms with Crippen molar-refractivity contribution in [3.05, 3.63) is 35.9 Å². The van der Waals surface area contributed by atoms with Crippen LogP contribution >= 0.6 is 0 Å². The van der Waals surface area contributed by atoms with E-state index in [1.165, 1.54) is 7.11 Å². The number of hydrogen-bond donors (Lipinski definition) is 0. The van der Waals surface area contributed by atoms with Gasteiger partial charge in [0, 0.05) is 12.3 Å². The molecule has 186 valence electrons. The summed E-state index contributed by atoms with van der Waals surface area (Å²) in [6.07, 6.45) is -1.55. The van der Waals surface area contributed by atoms with Crippen LogP contribution in [0.25, 0.3) is 0 Å². The zero-order valence-corrected chi connectivity index (χ0v) is 21.5. The van der Waals surface area contributed by atoms with Gasteiger partial charge in [0.05, 0.1) is 18.8 Å². The number of ether oxygens (including phenoxy) is 5. The van der Waals surface area contributed by atoms with Gasteiger partial charge in [0.1, 0.15) is 5.60 Å². The number of rotatable bonds is 7. The number of methoxy groups -OCH3 is 1. The Bertz CT molecular complexity index is 793. The van der Waals surface area contributed by atoms with E-state index in [1.807, 2.05) is 85.7 Å². The highest BCUT2D eigenvalue weighted by Gasteiger charge is 2.53. The molecule has 0 amide bonds. The third-order valence-electron chi connectivity index (χ3n) is 5.54. The molecule has 0 spiro atoms. The molecule has 0 aromatic heterocycles. The first-order chi connectivity index (χ1) is 15.2. The molecule has 0 aliphatic carbocycles. The molecule has 7 nitrogen and oxygen atoms in total. The van der Waals surface area contributed by atoms with Crippen LogP contribution in [-0.2, 0) is 33.3 Å². The maximum atomic E-state index is 13.3. The number of carbonyl (C=O) groups is 2. The van der Waals surface area contributed by atoms with Crippen LogP contribution in [0.1, 0.15) is 79.9 Å². The fraction of sp³-hybridized carbons (Fsp3) is 0.692. The lowest BCUT2D eigenvalue weighted by atomic mass is 9.84. The molecule has 0 N–H and O–H groups in total. The monoisotopic (exact) mass is 464 g/mol. The van der Waals surface area contributed by atoms with E-state index in [0.29, 0.717) is 18.4 Å². The van der Waals surface area contributed by atoms with Gasteiger partial charge >= 0.3 is 11.9 Å². The summed E-state index contributed by atoms with van der Waals surface area (Å²) >= 11 is 0. The fourth-order valence-corrected chi connectivity index (χ4v) is 4.03. The van der Waals surface area contributed by atoms with Crippen molar-refractivity contribution in [2.24, 2.45) is 5.92 Å². The SMILES string of the molecule is CC[C@]1(O[C@@H](C(=O)OC(C)(C)C)c2ccccc2)O[C@@H](C(=O)OC)C[C@@H](OC(C)(C)C)[C@H]1C. The Morgan fingerprint density at radius 3 is 2.18 bits per heavy atom. The van der Waals surface area contributed by atoms with E-state index in [0.717, 1.165) is 0 Å². The van der Waals surface area contributed by atoms with Crippen LogP contribution in [0.2, 0.25) is 0 Å². The third-order valence-corrected chi connectivity index (χ3v) is 5.54. The van der Waals surface area contributed by atoms with Crippen molar-refractivity contribution < 1.29 is 33.3 Å². The second-order valence-corrected chi connectivity index (χ2v) is 10.5. The molecule has 1 aromatic carbocycles.